The molecule has 3 rings (SSSR count). The fourth-order valence-corrected chi connectivity index (χ4v) is 2.57. The van der Waals surface area contributed by atoms with Crippen molar-refractivity contribution >= 4 is 39.4 Å². The normalized spacial score (nSPS) is 11.2. The summed E-state index contributed by atoms with van der Waals surface area (Å²) in [7, 11) is 1.88. The first-order valence-corrected chi connectivity index (χ1v) is 6.01. The van der Waals surface area contributed by atoms with E-state index in [1.807, 2.05) is 24.0 Å². The minimum Gasteiger partial charge on any atom is -0.383 e. The van der Waals surface area contributed by atoms with Crippen LogP contribution in [-0.2, 0) is 7.05 Å². The quantitative estimate of drug-likeness (QED) is 0.679. The number of hydrogen-bond donors (Lipinski definition) is 1. The van der Waals surface area contributed by atoms with Crippen LogP contribution >= 0.6 is 22.6 Å². The average Bonchev–Trinajstić information content (AvgIpc) is 2.84. The molecule has 0 spiro atoms. The first-order valence-electron chi connectivity index (χ1n) is 4.93. The molecule has 0 saturated heterocycles. The van der Waals surface area contributed by atoms with Gasteiger partial charge in [-0.25, -0.2) is 9.97 Å². The highest BCUT2D eigenvalue weighted by Gasteiger charge is 2.13. The Morgan fingerprint density at radius 1 is 1.29 bits per heavy atom. The third kappa shape index (κ3) is 1.57. The van der Waals surface area contributed by atoms with Crippen molar-refractivity contribution in [3.8, 4) is 5.69 Å². The van der Waals surface area contributed by atoms with E-state index in [1.165, 1.54) is 6.33 Å². The zero-order chi connectivity index (χ0) is 12.0. The Labute approximate surface area is 111 Å². The number of rotatable bonds is 1. The lowest BCUT2D eigenvalue weighted by molar-refractivity contribution is 0.767. The van der Waals surface area contributed by atoms with E-state index in [0.29, 0.717) is 5.82 Å². The molecule has 0 aromatic carbocycles. The van der Waals surface area contributed by atoms with Crippen molar-refractivity contribution in [2.24, 2.45) is 7.05 Å². The third-order valence-electron chi connectivity index (χ3n) is 2.54. The van der Waals surface area contributed by atoms with E-state index in [1.54, 1.807) is 10.9 Å². The lowest BCUT2D eigenvalue weighted by Crippen LogP contribution is -1.96. The van der Waals surface area contributed by atoms with Crippen LogP contribution in [-0.4, -0.2) is 24.3 Å². The van der Waals surface area contributed by atoms with Crippen molar-refractivity contribution in [1.82, 2.24) is 24.3 Å². The molecule has 3 aromatic heterocycles. The number of nitrogens with zero attached hydrogens (tertiary/aromatic N) is 5. The number of aromatic nitrogens is 5. The van der Waals surface area contributed by atoms with Crippen molar-refractivity contribution < 1.29 is 0 Å². The molecule has 0 aliphatic rings. The van der Waals surface area contributed by atoms with E-state index in [0.717, 1.165) is 20.3 Å². The maximum Gasteiger partial charge on any atom is 0.151 e. The zero-order valence-electron chi connectivity index (χ0n) is 9.00. The maximum atomic E-state index is 5.86. The van der Waals surface area contributed by atoms with Crippen LogP contribution in [0.2, 0.25) is 0 Å². The summed E-state index contributed by atoms with van der Waals surface area (Å²) < 4.78 is 4.74. The van der Waals surface area contributed by atoms with Gasteiger partial charge in [-0.15, -0.1) is 0 Å². The van der Waals surface area contributed by atoms with E-state index in [4.69, 9.17) is 5.73 Å². The van der Waals surface area contributed by atoms with Gasteiger partial charge in [0.15, 0.2) is 5.65 Å². The minimum absolute atomic E-state index is 0.502. The Kier molecular flexibility index (Phi) is 2.28. The number of aryl methyl sites for hydroxylation is 1. The topological polar surface area (TPSA) is 74.5 Å². The van der Waals surface area contributed by atoms with E-state index >= 15 is 0 Å². The van der Waals surface area contributed by atoms with E-state index in [2.05, 4.69) is 37.7 Å². The zero-order valence-corrected chi connectivity index (χ0v) is 11.2. The fraction of sp³-hybridized carbons (Fsp3) is 0.100. The molecule has 0 radical (unpaired) electrons. The standard InChI is InChI=1S/C10H9IN6/c1-16-3-6(2-15-16)17-4-7(11)8-9(12)13-5-14-10(8)17/h2-5H,1H3,(H2,12,13,14). The first-order chi connectivity index (χ1) is 8.16. The molecule has 0 aliphatic carbocycles. The van der Waals surface area contributed by atoms with E-state index in [-0.39, 0.29) is 0 Å². The molecule has 7 heteroatoms. The molecule has 0 saturated carbocycles. The van der Waals surface area contributed by atoms with Gasteiger partial charge >= 0.3 is 0 Å². The smallest absolute Gasteiger partial charge is 0.151 e. The number of halogens is 1. The maximum absolute atomic E-state index is 5.86. The first kappa shape index (κ1) is 10.5. The van der Waals surface area contributed by atoms with Gasteiger partial charge < -0.3 is 5.73 Å². The molecular weight excluding hydrogens is 331 g/mol. The van der Waals surface area contributed by atoms with Crippen LogP contribution in [0.4, 0.5) is 5.82 Å². The van der Waals surface area contributed by atoms with Crippen LogP contribution in [0.3, 0.4) is 0 Å². The van der Waals surface area contributed by atoms with Crippen LogP contribution < -0.4 is 5.73 Å². The molecule has 0 bridgehead atoms. The highest BCUT2D eigenvalue weighted by atomic mass is 127. The highest BCUT2D eigenvalue weighted by molar-refractivity contribution is 14.1. The van der Waals surface area contributed by atoms with Crippen LogP contribution in [0.5, 0.6) is 0 Å². The third-order valence-corrected chi connectivity index (χ3v) is 3.35. The monoisotopic (exact) mass is 340 g/mol. The lowest BCUT2D eigenvalue weighted by Gasteiger charge is -2.00. The molecule has 2 N–H and O–H groups in total. The molecule has 0 amide bonds. The molecule has 0 atom stereocenters. The Hall–Kier alpha value is -1.64. The summed E-state index contributed by atoms with van der Waals surface area (Å²) in [6.07, 6.45) is 7.16. The molecule has 0 fully saturated rings. The fourth-order valence-electron chi connectivity index (χ4n) is 1.77. The van der Waals surface area contributed by atoms with E-state index in [9.17, 15) is 0 Å². The van der Waals surface area contributed by atoms with Crippen molar-refractivity contribution in [3.05, 3.63) is 28.5 Å². The van der Waals surface area contributed by atoms with Gasteiger partial charge in [0.25, 0.3) is 0 Å². The van der Waals surface area contributed by atoms with Crippen molar-refractivity contribution in [2.45, 2.75) is 0 Å². The molecule has 3 heterocycles. The number of nitrogen functional groups attached to an aromatic ring is 1. The Morgan fingerprint density at radius 2 is 2.12 bits per heavy atom. The van der Waals surface area contributed by atoms with Gasteiger partial charge in [-0.05, 0) is 22.6 Å². The predicted molar refractivity (Wildman–Crippen MR) is 72.8 cm³/mol. The van der Waals surface area contributed by atoms with Gasteiger partial charge in [-0.3, -0.25) is 9.25 Å². The van der Waals surface area contributed by atoms with Gasteiger partial charge in [-0.1, -0.05) is 0 Å². The second-order valence-electron chi connectivity index (χ2n) is 3.68. The second kappa shape index (κ2) is 3.69. The van der Waals surface area contributed by atoms with Crippen LogP contribution in [0, 0.1) is 3.57 Å². The summed E-state index contributed by atoms with van der Waals surface area (Å²) in [6, 6.07) is 0. The summed E-state index contributed by atoms with van der Waals surface area (Å²) in [5.41, 5.74) is 7.62. The van der Waals surface area contributed by atoms with Crippen LogP contribution in [0.15, 0.2) is 24.9 Å². The van der Waals surface area contributed by atoms with Gasteiger partial charge in [0.2, 0.25) is 0 Å². The molecule has 6 nitrogen and oxygen atoms in total. The molecule has 0 aliphatic heterocycles. The van der Waals surface area contributed by atoms with Gasteiger partial charge in [0.1, 0.15) is 12.1 Å². The summed E-state index contributed by atoms with van der Waals surface area (Å²) in [4.78, 5) is 8.29. The second-order valence-corrected chi connectivity index (χ2v) is 4.84. The summed E-state index contributed by atoms with van der Waals surface area (Å²) in [5.74, 6) is 0.502. The SMILES string of the molecule is Cn1cc(-n2cc(I)c3c(N)ncnc32)cn1. The molecule has 0 unspecified atom stereocenters. The largest absolute Gasteiger partial charge is 0.383 e. The lowest BCUT2D eigenvalue weighted by atomic mass is 10.4. The van der Waals surface area contributed by atoms with Gasteiger partial charge in [0.05, 0.1) is 17.3 Å². The average molecular weight is 340 g/mol. The van der Waals surface area contributed by atoms with Crippen LogP contribution in [0.1, 0.15) is 0 Å². The van der Waals surface area contributed by atoms with E-state index < -0.39 is 0 Å². The van der Waals surface area contributed by atoms with Crippen molar-refractivity contribution in [2.75, 3.05) is 5.73 Å². The highest BCUT2D eigenvalue weighted by Crippen LogP contribution is 2.27. The Balaban J connectivity index is 2.35. The van der Waals surface area contributed by atoms with Gasteiger partial charge in [0, 0.05) is 23.0 Å². The Bertz CT molecular complexity index is 698. The Morgan fingerprint density at radius 3 is 2.82 bits per heavy atom. The molecule has 86 valence electrons. The van der Waals surface area contributed by atoms with Crippen molar-refractivity contribution in [3.63, 3.8) is 0 Å². The number of anilines is 1. The molecule has 17 heavy (non-hydrogen) atoms. The van der Waals surface area contributed by atoms with Crippen LogP contribution in [0.25, 0.3) is 16.7 Å². The van der Waals surface area contributed by atoms with Crippen molar-refractivity contribution in [1.29, 1.82) is 0 Å². The predicted octanol–water partition coefficient (Wildman–Crippen LogP) is 1.34. The number of hydrogen-bond acceptors (Lipinski definition) is 4. The summed E-state index contributed by atoms with van der Waals surface area (Å²) >= 11 is 2.23. The number of nitrogens with two attached hydrogens (primary N) is 1. The number of fused-ring (bicyclic) bond motifs is 1. The minimum atomic E-state index is 0.502. The molecule has 3 aromatic rings. The summed E-state index contributed by atoms with van der Waals surface area (Å²) in [5, 5.41) is 5.04. The van der Waals surface area contributed by atoms with Gasteiger partial charge in [-0.2, -0.15) is 5.10 Å². The molecular formula is C10H9IN6. The summed E-state index contributed by atoms with van der Waals surface area (Å²) in [6.45, 7) is 0.